The highest BCUT2D eigenvalue weighted by Crippen LogP contribution is 1.92. The standard InChI is InChI=1S/C9H12O6/c1-6(10)3-8(12)14-5-15-9(13)4-7(2)11/h3-5H2,1-2H3. The van der Waals surface area contributed by atoms with Crippen molar-refractivity contribution in [3.05, 3.63) is 0 Å². The lowest BCUT2D eigenvalue weighted by molar-refractivity contribution is -0.167. The molecule has 0 aliphatic carbocycles. The molecule has 0 aliphatic heterocycles. The van der Waals surface area contributed by atoms with E-state index in [9.17, 15) is 19.2 Å². The van der Waals surface area contributed by atoms with Crippen LogP contribution >= 0.6 is 0 Å². The van der Waals surface area contributed by atoms with Crippen LogP contribution in [0, 0.1) is 0 Å². The normalized spacial score (nSPS) is 9.20. The highest BCUT2D eigenvalue weighted by Gasteiger charge is 2.09. The van der Waals surface area contributed by atoms with Gasteiger partial charge in [-0.05, 0) is 13.8 Å². The van der Waals surface area contributed by atoms with Crippen LogP contribution < -0.4 is 0 Å². The molecule has 15 heavy (non-hydrogen) atoms. The molecule has 0 saturated heterocycles. The molecule has 0 fully saturated rings. The Bertz CT molecular complexity index is 252. The molecule has 0 aromatic carbocycles. The van der Waals surface area contributed by atoms with Crippen molar-refractivity contribution in [1.82, 2.24) is 0 Å². The number of esters is 2. The minimum absolute atomic E-state index is 0.338. The lowest BCUT2D eigenvalue weighted by atomic mass is 10.3. The number of Topliss-reactive ketones (excluding diaryl/α,β-unsaturated/α-hetero) is 2. The SMILES string of the molecule is CC(=O)CC(=O)OCOC(=O)CC(C)=O. The van der Waals surface area contributed by atoms with Crippen LogP contribution in [-0.4, -0.2) is 30.3 Å². The highest BCUT2D eigenvalue weighted by molar-refractivity contribution is 5.95. The summed E-state index contributed by atoms with van der Waals surface area (Å²) in [5, 5.41) is 0. The van der Waals surface area contributed by atoms with Gasteiger partial charge in [-0.3, -0.25) is 19.2 Å². The summed E-state index contributed by atoms with van der Waals surface area (Å²) in [4.78, 5) is 42.4. The summed E-state index contributed by atoms with van der Waals surface area (Å²) in [5.41, 5.74) is 0. The first-order valence-corrected chi connectivity index (χ1v) is 4.22. The van der Waals surface area contributed by atoms with E-state index >= 15 is 0 Å². The number of hydrogen-bond donors (Lipinski definition) is 0. The van der Waals surface area contributed by atoms with Crippen molar-refractivity contribution in [1.29, 1.82) is 0 Å². The van der Waals surface area contributed by atoms with E-state index < -0.39 is 18.7 Å². The van der Waals surface area contributed by atoms with Crippen molar-refractivity contribution >= 4 is 23.5 Å². The summed E-state index contributed by atoms with van der Waals surface area (Å²) in [5.74, 6) is -2.21. The molecule has 0 unspecified atom stereocenters. The van der Waals surface area contributed by atoms with Gasteiger partial charge in [0.25, 0.3) is 0 Å². The van der Waals surface area contributed by atoms with Crippen molar-refractivity contribution in [2.24, 2.45) is 0 Å². The fraction of sp³-hybridized carbons (Fsp3) is 0.556. The molecule has 0 radical (unpaired) electrons. The summed E-state index contributed by atoms with van der Waals surface area (Å²) in [6.07, 6.45) is -0.714. The molecule has 0 amide bonds. The fourth-order valence-electron chi connectivity index (χ4n) is 0.669. The number of carbonyl (C=O) groups is 4. The summed E-state index contributed by atoms with van der Waals surface area (Å²) in [6.45, 7) is 1.91. The van der Waals surface area contributed by atoms with Crippen LogP contribution in [0.2, 0.25) is 0 Å². The van der Waals surface area contributed by atoms with Crippen LogP contribution in [0.3, 0.4) is 0 Å². The molecular weight excluding hydrogens is 204 g/mol. The van der Waals surface area contributed by atoms with E-state index in [1.807, 2.05) is 0 Å². The number of hydrogen-bond acceptors (Lipinski definition) is 6. The zero-order valence-electron chi connectivity index (χ0n) is 8.57. The quantitative estimate of drug-likeness (QED) is 0.352. The molecule has 0 saturated carbocycles. The Morgan fingerprint density at radius 3 is 1.40 bits per heavy atom. The molecule has 0 aromatic heterocycles. The van der Waals surface area contributed by atoms with Gasteiger partial charge in [-0.15, -0.1) is 0 Å². The monoisotopic (exact) mass is 216 g/mol. The fourth-order valence-corrected chi connectivity index (χ4v) is 0.669. The molecule has 0 rings (SSSR count). The highest BCUT2D eigenvalue weighted by atomic mass is 16.7. The van der Waals surface area contributed by atoms with E-state index in [0.717, 1.165) is 0 Å². The number of ether oxygens (including phenoxy) is 2. The van der Waals surface area contributed by atoms with Gasteiger partial charge in [0.2, 0.25) is 6.79 Å². The first kappa shape index (κ1) is 13.3. The maximum absolute atomic E-state index is 10.8. The van der Waals surface area contributed by atoms with Crippen molar-refractivity contribution < 1.29 is 28.7 Å². The smallest absolute Gasteiger partial charge is 0.316 e. The second-order valence-corrected chi connectivity index (χ2v) is 2.91. The Morgan fingerprint density at radius 1 is 0.800 bits per heavy atom. The Hall–Kier alpha value is -1.72. The lowest BCUT2D eigenvalue weighted by Gasteiger charge is -2.04. The second-order valence-electron chi connectivity index (χ2n) is 2.91. The van der Waals surface area contributed by atoms with Crippen LogP contribution in [0.5, 0.6) is 0 Å². The zero-order chi connectivity index (χ0) is 11.8. The maximum atomic E-state index is 10.8. The van der Waals surface area contributed by atoms with Crippen LogP contribution in [0.4, 0.5) is 0 Å². The van der Waals surface area contributed by atoms with Gasteiger partial charge < -0.3 is 9.47 Å². The van der Waals surface area contributed by atoms with Gasteiger partial charge in [0.15, 0.2) is 0 Å². The van der Waals surface area contributed by atoms with Crippen molar-refractivity contribution in [2.75, 3.05) is 6.79 Å². The minimum atomic E-state index is -0.766. The zero-order valence-corrected chi connectivity index (χ0v) is 8.57. The average Bonchev–Trinajstić information content (AvgIpc) is 2.00. The molecule has 0 spiro atoms. The topological polar surface area (TPSA) is 86.7 Å². The summed E-state index contributed by atoms with van der Waals surface area (Å²) in [7, 11) is 0. The Balaban J connectivity index is 3.61. The van der Waals surface area contributed by atoms with Gasteiger partial charge in [-0.1, -0.05) is 0 Å². The molecule has 0 bridgehead atoms. The van der Waals surface area contributed by atoms with E-state index in [4.69, 9.17) is 0 Å². The van der Waals surface area contributed by atoms with E-state index in [2.05, 4.69) is 9.47 Å². The Morgan fingerprint density at radius 2 is 1.13 bits per heavy atom. The van der Waals surface area contributed by atoms with Crippen molar-refractivity contribution in [3.63, 3.8) is 0 Å². The molecule has 0 aromatic rings. The molecule has 0 heterocycles. The third-order valence-corrected chi connectivity index (χ3v) is 1.23. The van der Waals surface area contributed by atoms with Gasteiger partial charge in [0, 0.05) is 0 Å². The van der Waals surface area contributed by atoms with Crippen molar-refractivity contribution in [3.8, 4) is 0 Å². The van der Waals surface area contributed by atoms with Crippen LogP contribution in [0.15, 0.2) is 0 Å². The third-order valence-electron chi connectivity index (χ3n) is 1.23. The van der Waals surface area contributed by atoms with E-state index in [1.165, 1.54) is 13.8 Å². The maximum Gasteiger partial charge on any atom is 0.316 e. The lowest BCUT2D eigenvalue weighted by Crippen LogP contribution is -2.15. The minimum Gasteiger partial charge on any atom is -0.428 e. The number of rotatable bonds is 6. The molecular formula is C9H12O6. The van der Waals surface area contributed by atoms with Gasteiger partial charge in [-0.25, -0.2) is 0 Å². The average molecular weight is 216 g/mol. The summed E-state index contributed by atoms with van der Waals surface area (Å²) < 4.78 is 8.78. The molecule has 0 N–H and O–H groups in total. The van der Waals surface area contributed by atoms with Crippen LogP contribution in [0.25, 0.3) is 0 Å². The van der Waals surface area contributed by atoms with Gasteiger partial charge in [0.05, 0.1) is 0 Å². The van der Waals surface area contributed by atoms with E-state index in [1.54, 1.807) is 0 Å². The first-order valence-electron chi connectivity index (χ1n) is 4.22. The molecule has 6 heteroatoms. The van der Waals surface area contributed by atoms with Crippen molar-refractivity contribution in [2.45, 2.75) is 26.7 Å². The molecule has 0 atom stereocenters. The number of ketones is 2. The largest absolute Gasteiger partial charge is 0.428 e. The van der Waals surface area contributed by atoms with Gasteiger partial charge in [-0.2, -0.15) is 0 Å². The van der Waals surface area contributed by atoms with Crippen LogP contribution in [0.1, 0.15) is 26.7 Å². The Labute approximate surface area is 86.5 Å². The van der Waals surface area contributed by atoms with E-state index in [-0.39, 0.29) is 24.4 Å². The summed E-state index contributed by atoms with van der Waals surface area (Å²) >= 11 is 0. The second kappa shape index (κ2) is 6.69. The molecule has 6 nitrogen and oxygen atoms in total. The number of carbonyl (C=O) groups excluding carboxylic acids is 4. The molecule has 84 valence electrons. The summed E-state index contributed by atoms with van der Waals surface area (Å²) in [6, 6.07) is 0. The van der Waals surface area contributed by atoms with E-state index in [0.29, 0.717) is 0 Å². The predicted molar refractivity (Wildman–Crippen MR) is 47.6 cm³/mol. The first-order chi connectivity index (χ1) is 6.91. The Kier molecular flexibility index (Phi) is 5.92. The third kappa shape index (κ3) is 8.61. The van der Waals surface area contributed by atoms with Crippen LogP contribution in [-0.2, 0) is 28.7 Å². The molecule has 0 aliphatic rings. The predicted octanol–water partition coefficient (Wildman–Crippen LogP) is -0.0115. The van der Waals surface area contributed by atoms with Gasteiger partial charge in [0.1, 0.15) is 24.4 Å². The van der Waals surface area contributed by atoms with Gasteiger partial charge >= 0.3 is 11.9 Å².